The van der Waals surface area contributed by atoms with Crippen molar-refractivity contribution in [1.82, 2.24) is 0 Å². The highest BCUT2D eigenvalue weighted by Crippen LogP contribution is 2.43. The molecule has 9 aromatic rings. The lowest BCUT2D eigenvalue weighted by Gasteiger charge is -2.28. The summed E-state index contributed by atoms with van der Waals surface area (Å²) in [6, 6.07) is 64.0. The zero-order chi connectivity index (χ0) is 30.5. The van der Waals surface area contributed by atoms with Crippen molar-refractivity contribution in [3.05, 3.63) is 176 Å². The van der Waals surface area contributed by atoms with Crippen molar-refractivity contribution < 1.29 is 0 Å². The molecule has 1 aromatic heterocycles. The third kappa shape index (κ3) is 4.54. The first-order valence-electron chi connectivity index (χ1n) is 15.7. The summed E-state index contributed by atoms with van der Waals surface area (Å²) in [6.45, 7) is 0. The molecule has 216 valence electrons. The van der Waals surface area contributed by atoms with Crippen molar-refractivity contribution in [2.24, 2.45) is 0 Å². The van der Waals surface area contributed by atoms with Gasteiger partial charge < -0.3 is 4.90 Å². The maximum absolute atomic E-state index is 2.41. The Kier molecular flexibility index (Phi) is 6.40. The minimum Gasteiger partial charge on any atom is -0.310 e. The predicted octanol–water partition coefficient (Wildman–Crippen LogP) is 13.2. The Balaban J connectivity index is 1.21. The highest BCUT2D eigenvalue weighted by Gasteiger charge is 2.18. The molecule has 9 rings (SSSR count). The predicted molar refractivity (Wildman–Crippen MR) is 200 cm³/mol. The average Bonchev–Trinajstić information content (AvgIpc) is 3.51. The highest BCUT2D eigenvalue weighted by atomic mass is 32.1. The normalized spacial score (nSPS) is 11.5. The van der Waals surface area contributed by atoms with Crippen molar-refractivity contribution in [1.29, 1.82) is 0 Å². The first-order chi connectivity index (χ1) is 22.8. The molecular weight excluding hydrogens is 575 g/mol. The smallest absolute Gasteiger partial charge is 0.0540 e. The third-order valence-corrected chi connectivity index (χ3v) is 10.2. The summed E-state index contributed by atoms with van der Waals surface area (Å²) >= 11 is 1.86. The van der Waals surface area contributed by atoms with E-state index in [-0.39, 0.29) is 0 Å². The van der Waals surface area contributed by atoms with E-state index >= 15 is 0 Å². The van der Waals surface area contributed by atoms with Crippen molar-refractivity contribution in [3.8, 4) is 22.3 Å². The van der Waals surface area contributed by atoms with Crippen molar-refractivity contribution in [2.75, 3.05) is 4.90 Å². The first kappa shape index (κ1) is 26.7. The molecule has 8 aromatic carbocycles. The minimum atomic E-state index is 1.12. The van der Waals surface area contributed by atoms with Gasteiger partial charge in [-0.15, -0.1) is 11.3 Å². The van der Waals surface area contributed by atoms with Gasteiger partial charge in [0, 0.05) is 37.1 Å². The summed E-state index contributed by atoms with van der Waals surface area (Å²) in [7, 11) is 0. The number of nitrogens with zero attached hydrogens (tertiary/aromatic N) is 1. The molecular formula is C44H29NS. The van der Waals surface area contributed by atoms with Crippen LogP contribution in [-0.4, -0.2) is 0 Å². The van der Waals surface area contributed by atoms with Gasteiger partial charge in [-0.1, -0.05) is 127 Å². The van der Waals surface area contributed by atoms with Crippen molar-refractivity contribution in [3.63, 3.8) is 0 Å². The van der Waals surface area contributed by atoms with Gasteiger partial charge >= 0.3 is 0 Å². The summed E-state index contributed by atoms with van der Waals surface area (Å²) in [5.41, 5.74) is 8.23. The quantitative estimate of drug-likeness (QED) is 0.177. The molecule has 0 spiro atoms. The zero-order valence-electron chi connectivity index (χ0n) is 25.1. The van der Waals surface area contributed by atoms with Crippen LogP contribution >= 0.6 is 11.3 Å². The molecule has 0 aliphatic heterocycles. The second-order valence-corrected chi connectivity index (χ2v) is 12.9. The lowest BCUT2D eigenvalue weighted by molar-refractivity contribution is 1.29. The number of para-hydroxylation sites is 1. The number of fused-ring (bicyclic) bond motifs is 6. The van der Waals surface area contributed by atoms with Crippen LogP contribution in [0.1, 0.15) is 0 Å². The second-order valence-electron chi connectivity index (χ2n) is 11.8. The molecule has 0 unspecified atom stereocenters. The number of benzene rings is 8. The fourth-order valence-corrected chi connectivity index (χ4v) is 7.88. The number of thiophene rings is 1. The van der Waals surface area contributed by atoms with Gasteiger partial charge in [-0.25, -0.2) is 0 Å². The molecule has 46 heavy (non-hydrogen) atoms. The Morgan fingerprint density at radius 1 is 0.348 bits per heavy atom. The van der Waals surface area contributed by atoms with Crippen LogP contribution in [0.5, 0.6) is 0 Å². The van der Waals surface area contributed by atoms with E-state index in [1.165, 1.54) is 64.0 Å². The van der Waals surface area contributed by atoms with Gasteiger partial charge in [0.25, 0.3) is 0 Å². The first-order valence-corrected chi connectivity index (χ1v) is 16.5. The van der Waals surface area contributed by atoms with Crippen LogP contribution in [0, 0.1) is 0 Å². The van der Waals surface area contributed by atoms with Crippen LogP contribution in [-0.2, 0) is 0 Å². The van der Waals surface area contributed by atoms with Crippen LogP contribution in [0.2, 0.25) is 0 Å². The maximum atomic E-state index is 2.41. The molecule has 0 N–H and O–H groups in total. The van der Waals surface area contributed by atoms with E-state index in [0.29, 0.717) is 0 Å². The number of hydrogen-bond acceptors (Lipinski definition) is 2. The topological polar surface area (TPSA) is 3.24 Å². The molecule has 0 amide bonds. The van der Waals surface area contributed by atoms with E-state index in [2.05, 4.69) is 181 Å². The Labute approximate surface area is 272 Å². The van der Waals surface area contributed by atoms with Gasteiger partial charge in [0.15, 0.2) is 0 Å². The van der Waals surface area contributed by atoms with E-state index in [0.717, 1.165) is 17.1 Å². The van der Waals surface area contributed by atoms with Crippen molar-refractivity contribution in [2.45, 2.75) is 0 Å². The second kappa shape index (κ2) is 11.0. The summed E-state index contributed by atoms with van der Waals surface area (Å²) in [6.07, 6.45) is 0. The molecule has 0 aliphatic rings. The maximum Gasteiger partial charge on any atom is 0.0540 e. The molecule has 2 heteroatoms. The van der Waals surface area contributed by atoms with Gasteiger partial charge in [0.2, 0.25) is 0 Å². The Hall–Kier alpha value is -5.70. The summed E-state index contributed by atoms with van der Waals surface area (Å²) < 4.78 is 2.66. The van der Waals surface area contributed by atoms with E-state index in [4.69, 9.17) is 0 Å². The van der Waals surface area contributed by atoms with Crippen LogP contribution in [0.3, 0.4) is 0 Å². The largest absolute Gasteiger partial charge is 0.310 e. The van der Waals surface area contributed by atoms with E-state index in [1.54, 1.807) is 0 Å². The molecule has 0 aliphatic carbocycles. The lowest BCUT2D eigenvalue weighted by atomic mass is 9.99. The SMILES string of the molecule is c1ccc(-c2ccccc2N(c2ccc(-c3ccc4sc5ccccc5c4c3)cc2)c2ccc3ccc4ccccc4c3c2)cc1. The van der Waals surface area contributed by atoms with Crippen LogP contribution in [0.4, 0.5) is 17.1 Å². The summed E-state index contributed by atoms with van der Waals surface area (Å²) in [5.74, 6) is 0. The fraction of sp³-hybridized carbons (Fsp3) is 0. The molecule has 0 fully saturated rings. The number of rotatable bonds is 5. The Bertz CT molecular complexity index is 2530. The molecule has 0 saturated heterocycles. The fourth-order valence-electron chi connectivity index (χ4n) is 6.80. The van der Waals surface area contributed by atoms with Crippen molar-refractivity contribution >= 4 is 70.1 Å². The lowest BCUT2D eigenvalue weighted by Crippen LogP contribution is -2.11. The van der Waals surface area contributed by atoms with Gasteiger partial charge in [0.05, 0.1) is 5.69 Å². The molecule has 0 bridgehead atoms. The van der Waals surface area contributed by atoms with E-state index in [9.17, 15) is 0 Å². The number of hydrogen-bond donors (Lipinski definition) is 0. The van der Waals surface area contributed by atoms with Gasteiger partial charge in [-0.05, 0) is 86.8 Å². The van der Waals surface area contributed by atoms with Crippen LogP contribution in [0.25, 0.3) is 64.0 Å². The van der Waals surface area contributed by atoms with E-state index in [1.807, 2.05) is 11.3 Å². The molecule has 0 atom stereocenters. The minimum absolute atomic E-state index is 1.12. The van der Waals surface area contributed by atoms with Crippen LogP contribution < -0.4 is 4.90 Å². The average molecular weight is 604 g/mol. The van der Waals surface area contributed by atoms with Gasteiger partial charge in [-0.2, -0.15) is 0 Å². The molecule has 1 nitrogen and oxygen atoms in total. The molecule has 1 heterocycles. The zero-order valence-corrected chi connectivity index (χ0v) is 25.9. The van der Waals surface area contributed by atoms with E-state index < -0.39 is 0 Å². The Morgan fingerprint density at radius 3 is 1.85 bits per heavy atom. The summed E-state index contributed by atoms with van der Waals surface area (Å²) in [5, 5.41) is 7.67. The van der Waals surface area contributed by atoms with Crippen LogP contribution in [0.15, 0.2) is 176 Å². The standard InChI is InChI=1S/C44H29NS/c1-2-10-31(11-3-1)38-14-6-8-16-42(38)45(36-26-22-33-19-18-32-12-4-5-13-37(32)40(33)29-36)35-24-20-30(21-25-35)34-23-27-44-41(28-34)39-15-7-9-17-43(39)46-44/h1-29H. The highest BCUT2D eigenvalue weighted by molar-refractivity contribution is 7.25. The summed E-state index contributed by atoms with van der Waals surface area (Å²) in [4.78, 5) is 2.41. The molecule has 0 saturated carbocycles. The Morgan fingerprint density at radius 2 is 0.978 bits per heavy atom. The van der Waals surface area contributed by atoms with Gasteiger partial charge in [-0.3, -0.25) is 0 Å². The monoisotopic (exact) mass is 603 g/mol. The van der Waals surface area contributed by atoms with Gasteiger partial charge in [0.1, 0.15) is 0 Å². The number of anilines is 3. The molecule has 0 radical (unpaired) electrons. The third-order valence-electron chi connectivity index (χ3n) is 9.05.